The lowest BCUT2D eigenvalue weighted by Gasteiger charge is -2.27. The third-order valence-corrected chi connectivity index (χ3v) is 9.65. The monoisotopic (exact) mass is 696 g/mol. The minimum atomic E-state index is -0.450. The number of unbranched alkanes of at least 4 members (excludes halogenated alkanes) is 3. The summed E-state index contributed by atoms with van der Waals surface area (Å²) >= 11 is 0. The topological polar surface area (TPSA) is 88.1 Å². The number of carbonyl (C=O) groups excluding carboxylic acids is 3. The number of rotatable bonds is 16. The molecule has 282 valence electrons. The van der Waals surface area contributed by atoms with Crippen molar-refractivity contribution in [3.05, 3.63) is 60.2 Å². The molecule has 0 saturated heterocycles. The van der Waals surface area contributed by atoms with Crippen LogP contribution in [0.5, 0.6) is 11.5 Å². The highest BCUT2D eigenvalue weighted by Crippen LogP contribution is 2.27. The Morgan fingerprint density at radius 3 is 1.68 bits per heavy atom. The fraction of sp³-hybridized carbons (Fsp3) is 0.651. The normalized spacial score (nSPS) is 13.5. The van der Waals surface area contributed by atoms with Gasteiger partial charge in [-0.2, -0.15) is 0 Å². The molecule has 7 nitrogen and oxygen atoms in total. The molecule has 0 amide bonds. The van der Waals surface area contributed by atoms with Crippen LogP contribution >= 0.6 is 0 Å². The lowest BCUT2D eigenvalue weighted by atomic mass is 9.90. The number of benzene rings is 2. The summed E-state index contributed by atoms with van der Waals surface area (Å²) in [5, 5.41) is 0. The van der Waals surface area contributed by atoms with E-state index in [0.29, 0.717) is 12.4 Å². The van der Waals surface area contributed by atoms with Crippen LogP contribution in [0.25, 0.3) is 0 Å². The zero-order valence-corrected chi connectivity index (χ0v) is 33.0. The molecule has 0 radical (unpaired) electrons. The van der Waals surface area contributed by atoms with Gasteiger partial charge in [0, 0.05) is 0 Å². The van der Waals surface area contributed by atoms with Gasteiger partial charge in [0.15, 0.2) is 0 Å². The summed E-state index contributed by atoms with van der Waals surface area (Å²) < 4.78 is 21.8. The third-order valence-electron chi connectivity index (χ3n) is 9.65. The molecule has 2 aromatic carbocycles. The molecule has 3 rings (SSSR count). The molecule has 7 heteroatoms. The van der Waals surface area contributed by atoms with Crippen molar-refractivity contribution in [3.63, 3.8) is 0 Å². The summed E-state index contributed by atoms with van der Waals surface area (Å²) in [5.41, 5.74) is -0.113. The van der Waals surface area contributed by atoms with E-state index in [-0.39, 0.29) is 34.8 Å². The molecule has 50 heavy (non-hydrogen) atoms. The van der Waals surface area contributed by atoms with E-state index in [9.17, 15) is 14.4 Å². The Hall–Kier alpha value is -3.35. The van der Waals surface area contributed by atoms with Crippen LogP contribution < -0.4 is 9.47 Å². The summed E-state index contributed by atoms with van der Waals surface area (Å²) in [5.74, 6) is 1.04. The van der Waals surface area contributed by atoms with Crippen molar-refractivity contribution in [3.8, 4) is 11.5 Å². The molecule has 0 heterocycles. The van der Waals surface area contributed by atoms with Gasteiger partial charge in [0.25, 0.3) is 0 Å². The molecule has 0 N–H and O–H groups in total. The first-order valence-corrected chi connectivity index (χ1v) is 19.0. The second-order valence-electron chi connectivity index (χ2n) is 15.2. The van der Waals surface area contributed by atoms with Gasteiger partial charge in [-0.15, -0.1) is 0 Å². The summed E-state index contributed by atoms with van der Waals surface area (Å²) in [7, 11) is 0. The van der Waals surface area contributed by atoms with Gasteiger partial charge in [0.1, 0.15) is 24.2 Å². The van der Waals surface area contributed by atoms with Crippen molar-refractivity contribution < 1.29 is 33.3 Å². The smallest absolute Gasteiger partial charge is 0.316 e. The third kappa shape index (κ3) is 17.5. The second-order valence-corrected chi connectivity index (χ2v) is 15.2. The zero-order valence-electron chi connectivity index (χ0n) is 33.0. The van der Waals surface area contributed by atoms with E-state index in [2.05, 4.69) is 6.92 Å². The standard InChI is InChI=1S/C18H28O3.C13H18O2.C12H22O2/c1-5-7-8-9-14-20-15-10-12-16(13-11-15)21-17(19)18(3,4)6-2;1-4-13(2,3)12(14)15-10-11-8-6-5-7-9-11;1-4-12(2,3)11(13)14-10-8-6-5-7-9-10/h10-13H,5-9,14H2,1-4H3;5-9H,4,10H2,1-3H3;10H,4-9H2,1-3H3. The van der Waals surface area contributed by atoms with Crippen LogP contribution in [0.15, 0.2) is 54.6 Å². The molecule has 2 aromatic rings. The van der Waals surface area contributed by atoms with Crippen molar-refractivity contribution in [2.24, 2.45) is 16.2 Å². The molecule has 1 aliphatic rings. The summed E-state index contributed by atoms with van der Waals surface area (Å²) in [6.45, 7) is 20.8. The molecule has 0 unspecified atom stereocenters. The quantitative estimate of drug-likeness (QED) is 0.0980. The highest BCUT2D eigenvalue weighted by Gasteiger charge is 2.30. The maximum atomic E-state index is 12.0. The van der Waals surface area contributed by atoms with Gasteiger partial charge < -0.3 is 18.9 Å². The van der Waals surface area contributed by atoms with Crippen molar-refractivity contribution in [2.75, 3.05) is 6.61 Å². The predicted octanol–water partition coefficient (Wildman–Crippen LogP) is 11.5. The van der Waals surface area contributed by atoms with Gasteiger partial charge in [0.2, 0.25) is 0 Å². The summed E-state index contributed by atoms with van der Waals surface area (Å²) in [4.78, 5) is 35.4. The second kappa shape index (κ2) is 23.2. The first-order valence-electron chi connectivity index (χ1n) is 19.0. The van der Waals surface area contributed by atoms with Crippen LogP contribution in [0.4, 0.5) is 0 Å². The highest BCUT2D eigenvalue weighted by molar-refractivity contribution is 5.78. The maximum Gasteiger partial charge on any atom is 0.316 e. The van der Waals surface area contributed by atoms with Crippen LogP contribution in [0.1, 0.15) is 152 Å². The average molecular weight is 697 g/mol. The highest BCUT2D eigenvalue weighted by atomic mass is 16.5. The number of hydrogen-bond donors (Lipinski definition) is 0. The van der Waals surface area contributed by atoms with Crippen LogP contribution in [-0.4, -0.2) is 30.6 Å². The van der Waals surface area contributed by atoms with E-state index < -0.39 is 5.41 Å². The minimum Gasteiger partial charge on any atom is -0.494 e. The van der Waals surface area contributed by atoms with Crippen molar-refractivity contribution in [2.45, 2.75) is 159 Å². The lowest BCUT2D eigenvalue weighted by Crippen LogP contribution is -2.31. The molecule has 1 saturated carbocycles. The Balaban J connectivity index is 0.000000385. The van der Waals surface area contributed by atoms with E-state index >= 15 is 0 Å². The van der Waals surface area contributed by atoms with E-state index in [4.69, 9.17) is 18.9 Å². The number of ether oxygens (including phenoxy) is 4. The summed E-state index contributed by atoms with van der Waals surface area (Å²) in [6, 6.07) is 17.0. The molecule has 0 bridgehead atoms. The molecule has 1 fully saturated rings. The molecule has 1 aliphatic carbocycles. The van der Waals surface area contributed by atoms with E-state index in [1.807, 2.05) is 105 Å². The average Bonchev–Trinajstić information content (AvgIpc) is 3.12. The first kappa shape index (κ1) is 44.7. The van der Waals surface area contributed by atoms with Gasteiger partial charge in [-0.1, -0.05) is 83.7 Å². The van der Waals surface area contributed by atoms with Crippen LogP contribution in [0.2, 0.25) is 0 Å². The largest absolute Gasteiger partial charge is 0.494 e. The van der Waals surface area contributed by atoms with Gasteiger partial charge in [0.05, 0.1) is 22.9 Å². The van der Waals surface area contributed by atoms with Crippen LogP contribution in [0, 0.1) is 16.2 Å². The Labute approximate surface area is 304 Å². The number of esters is 3. The molecule has 0 spiro atoms. The minimum absolute atomic E-state index is 0.0214. The fourth-order valence-electron chi connectivity index (χ4n) is 4.41. The predicted molar refractivity (Wildman–Crippen MR) is 203 cm³/mol. The lowest BCUT2D eigenvalue weighted by molar-refractivity contribution is -0.161. The van der Waals surface area contributed by atoms with E-state index in [0.717, 1.165) is 56.4 Å². The van der Waals surface area contributed by atoms with E-state index in [1.165, 1.54) is 38.5 Å². The fourth-order valence-corrected chi connectivity index (χ4v) is 4.41. The molecule has 0 atom stereocenters. The number of hydrogen-bond acceptors (Lipinski definition) is 7. The van der Waals surface area contributed by atoms with Gasteiger partial charge in [-0.05, 0) is 123 Å². The Kier molecular flexibility index (Phi) is 20.7. The van der Waals surface area contributed by atoms with Gasteiger partial charge in [-0.25, -0.2) is 0 Å². The van der Waals surface area contributed by atoms with Crippen molar-refractivity contribution >= 4 is 17.9 Å². The van der Waals surface area contributed by atoms with Crippen LogP contribution in [0.3, 0.4) is 0 Å². The zero-order chi connectivity index (χ0) is 37.6. The molecular weight excluding hydrogens is 628 g/mol. The van der Waals surface area contributed by atoms with E-state index in [1.54, 1.807) is 12.1 Å². The first-order chi connectivity index (χ1) is 23.6. The van der Waals surface area contributed by atoms with Crippen LogP contribution in [-0.2, 0) is 30.5 Å². The van der Waals surface area contributed by atoms with Crippen molar-refractivity contribution in [1.29, 1.82) is 0 Å². The Morgan fingerprint density at radius 2 is 1.14 bits per heavy atom. The van der Waals surface area contributed by atoms with Crippen molar-refractivity contribution in [1.82, 2.24) is 0 Å². The Bertz CT molecular complexity index is 1230. The van der Waals surface area contributed by atoms with Gasteiger partial charge in [-0.3, -0.25) is 14.4 Å². The SMILES string of the molecule is CCC(C)(C)C(=O)OC1CCCCC1.CCC(C)(C)C(=O)OCc1ccccc1.CCCCCCOc1ccc(OC(=O)C(C)(C)CC)cc1. The van der Waals surface area contributed by atoms with Gasteiger partial charge >= 0.3 is 17.9 Å². The summed E-state index contributed by atoms with van der Waals surface area (Å²) in [6.07, 6.45) is 13.2. The maximum absolute atomic E-state index is 12.0. The molecule has 0 aromatic heterocycles. The molecular formula is C43H68O7. The Morgan fingerprint density at radius 1 is 0.620 bits per heavy atom. The molecule has 0 aliphatic heterocycles. The number of carbonyl (C=O) groups is 3.